The quantitative estimate of drug-likeness (QED) is 0.531. The zero-order valence-corrected chi connectivity index (χ0v) is 20.8. The van der Waals surface area contributed by atoms with Crippen molar-refractivity contribution < 1.29 is 9.21 Å². The molecule has 1 amide bonds. The van der Waals surface area contributed by atoms with E-state index >= 15 is 0 Å². The summed E-state index contributed by atoms with van der Waals surface area (Å²) in [5, 5.41) is 13.7. The van der Waals surface area contributed by atoms with Crippen LogP contribution < -0.4 is 5.32 Å². The molecule has 0 aliphatic heterocycles. The maximum Gasteiger partial charge on any atom is 0.239 e. The third-order valence-electron chi connectivity index (χ3n) is 6.71. The summed E-state index contributed by atoms with van der Waals surface area (Å²) in [5.41, 5.74) is 2.52. The second kappa shape index (κ2) is 9.70. The third-order valence-corrected chi connectivity index (χ3v) is 8.20. The van der Waals surface area contributed by atoms with Crippen LogP contribution in [0.25, 0.3) is 12.2 Å². The molecule has 174 valence electrons. The van der Waals surface area contributed by atoms with E-state index in [1.54, 1.807) is 11.3 Å². The standard InChI is InChI=1S/C27H33N3O2S/c1-18-10-12-21(32-18)13-11-19-14-22-23(16-28)26(33-25(22)27(2,3)15-19)29-24(31)17-30(4)20-8-6-5-7-9-20/h10-14,20H,5-9,15,17H2,1-4H3,(H,29,31)/b13-11-. The van der Waals surface area contributed by atoms with Crippen molar-refractivity contribution in [2.24, 2.45) is 0 Å². The summed E-state index contributed by atoms with van der Waals surface area (Å²) in [6.07, 6.45) is 13.1. The Kier molecular flexibility index (Phi) is 6.92. The molecule has 1 N–H and O–H groups in total. The number of nitrogens with zero attached hydrogens (tertiary/aromatic N) is 2. The van der Waals surface area contributed by atoms with Gasteiger partial charge in [0, 0.05) is 21.9 Å². The molecule has 4 rings (SSSR count). The number of rotatable bonds is 6. The topological polar surface area (TPSA) is 69.3 Å². The monoisotopic (exact) mass is 463 g/mol. The molecule has 1 fully saturated rings. The minimum Gasteiger partial charge on any atom is -0.462 e. The van der Waals surface area contributed by atoms with Crippen molar-refractivity contribution in [3.05, 3.63) is 51.3 Å². The van der Waals surface area contributed by atoms with Gasteiger partial charge in [-0.05, 0) is 63.1 Å². The lowest BCUT2D eigenvalue weighted by Crippen LogP contribution is -2.39. The highest BCUT2D eigenvalue weighted by Gasteiger charge is 2.33. The van der Waals surface area contributed by atoms with Crippen molar-refractivity contribution in [1.29, 1.82) is 5.26 Å². The molecule has 0 bridgehead atoms. The number of fused-ring (bicyclic) bond motifs is 1. The second-order valence-corrected chi connectivity index (χ2v) is 11.0. The number of thiophene rings is 1. The fourth-order valence-electron chi connectivity index (χ4n) is 4.99. The van der Waals surface area contributed by atoms with Crippen molar-refractivity contribution in [2.45, 2.75) is 70.8 Å². The predicted octanol–water partition coefficient (Wildman–Crippen LogP) is 6.50. The number of hydrogen-bond acceptors (Lipinski definition) is 5. The Hall–Kier alpha value is -2.62. The van der Waals surface area contributed by atoms with Crippen LogP contribution in [0.3, 0.4) is 0 Å². The molecule has 33 heavy (non-hydrogen) atoms. The Balaban J connectivity index is 1.54. The van der Waals surface area contributed by atoms with Crippen LogP contribution >= 0.6 is 11.3 Å². The second-order valence-electron chi connectivity index (χ2n) is 9.98. The highest BCUT2D eigenvalue weighted by molar-refractivity contribution is 7.17. The number of nitriles is 1. The van der Waals surface area contributed by atoms with Crippen LogP contribution in [0.1, 0.15) is 79.9 Å². The van der Waals surface area contributed by atoms with Gasteiger partial charge < -0.3 is 9.73 Å². The van der Waals surface area contributed by atoms with Crippen LogP contribution in [0.2, 0.25) is 0 Å². The summed E-state index contributed by atoms with van der Waals surface area (Å²) in [6, 6.07) is 6.74. The van der Waals surface area contributed by atoms with Gasteiger partial charge in [-0.25, -0.2) is 0 Å². The van der Waals surface area contributed by atoms with Crippen LogP contribution in [-0.2, 0) is 10.2 Å². The number of nitrogens with one attached hydrogen (secondary N) is 1. The van der Waals surface area contributed by atoms with Gasteiger partial charge in [-0.1, -0.05) is 39.2 Å². The Bertz CT molecular complexity index is 1120. The molecule has 2 aromatic heterocycles. The van der Waals surface area contributed by atoms with Crippen molar-refractivity contribution in [1.82, 2.24) is 4.90 Å². The number of likely N-dealkylation sites (N-methyl/N-ethyl adjacent to an activating group) is 1. The lowest BCUT2D eigenvalue weighted by atomic mass is 9.77. The Labute approximate surface area is 200 Å². The average molecular weight is 464 g/mol. The largest absolute Gasteiger partial charge is 0.462 e. The molecule has 0 atom stereocenters. The summed E-state index contributed by atoms with van der Waals surface area (Å²) in [7, 11) is 2.03. The number of anilines is 1. The maximum absolute atomic E-state index is 12.8. The van der Waals surface area contributed by atoms with Gasteiger partial charge in [0.05, 0.1) is 12.1 Å². The Morgan fingerprint density at radius 1 is 1.30 bits per heavy atom. The molecule has 0 spiro atoms. The molecule has 2 aliphatic rings. The van der Waals surface area contributed by atoms with Crippen LogP contribution in [0, 0.1) is 18.3 Å². The number of amides is 1. The van der Waals surface area contributed by atoms with Crippen LogP contribution in [0.4, 0.5) is 5.00 Å². The first-order chi connectivity index (χ1) is 15.8. The first-order valence-corrected chi connectivity index (χ1v) is 12.6. The Morgan fingerprint density at radius 2 is 2.06 bits per heavy atom. The lowest BCUT2D eigenvalue weighted by molar-refractivity contribution is -0.117. The zero-order chi connectivity index (χ0) is 23.6. The predicted molar refractivity (Wildman–Crippen MR) is 135 cm³/mol. The molecular formula is C27H33N3O2S. The van der Waals surface area contributed by atoms with Crippen molar-refractivity contribution in [3.63, 3.8) is 0 Å². The molecule has 0 unspecified atom stereocenters. The molecular weight excluding hydrogens is 430 g/mol. The van der Waals surface area contributed by atoms with Crippen molar-refractivity contribution >= 4 is 34.4 Å². The van der Waals surface area contributed by atoms with Gasteiger partial charge in [0.1, 0.15) is 22.6 Å². The van der Waals surface area contributed by atoms with E-state index in [9.17, 15) is 10.1 Å². The van der Waals surface area contributed by atoms with Gasteiger partial charge in [-0.2, -0.15) is 5.26 Å². The first kappa shape index (κ1) is 23.5. The molecule has 2 heterocycles. The number of carbonyl (C=O) groups is 1. The summed E-state index contributed by atoms with van der Waals surface area (Å²) in [4.78, 5) is 16.2. The zero-order valence-electron chi connectivity index (χ0n) is 20.0. The molecule has 2 aliphatic carbocycles. The van der Waals surface area contributed by atoms with Crippen molar-refractivity contribution in [2.75, 3.05) is 18.9 Å². The molecule has 1 saturated carbocycles. The van der Waals surface area contributed by atoms with Crippen molar-refractivity contribution in [3.8, 4) is 6.07 Å². The molecule has 6 heteroatoms. The molecule has 0 saturated heterocycles. The number of aryl methyl sites for hydroxylation is 1. The van der Waals surface area contributed by atoms with E-state index < -0.39 is 0 Å². The van der Waals surface area contributed by atoms with E-state index in [0.717, 1.165) is 46.8 Å². The normalized spacial score (nSPS) is 18.2. The van der Waals surface area contributed by atoms with Gasteiger partial charge in [0.2, 0.25) is 5.91 Å². The SMILES string of the molecule is Cc1ccc(/C=C\C2=Cc3c(sc(NC(=O)CN(C)C4CCCCC4)c3C#N)C(C)(C)C2)o1. The van der Waals surface area contributed by atoms with Gasteiger partial charge in [-0.3, -0.25) is 9.69 Å². The van der Waals surface area contributed by atoms with Crippen LogP contribution in [0.5, 0.6) is 0 Å². The highest BCUT2D eigenvalue weighted by atomic mass is 32.1. The maximum atomic E-state index is 12.8. The lowest BCUT2D eigenvalue weighted by Gasteiger charge is -2.30. The van der Waals surface area contributed by atoms with Gasteiger partial charge in [-0.15, -0.1) is 11.3 Å². The smallest absolute Gasteiger partial charge is 0.239 e. The average Bonchev–Trinajstić information content (AvgIpc) is 3.35. The number of furan rings is 1. The summed E-state index contributed by atoms with van der Waals surface area (Å²) >= 11 is 1.54. The summed E-state index contributed by atoms with van der Waals surface area (Å²) in [6.45, 7) is 6.68. The highest BCUT2D eigenvalue weighted by Crippen LogP contribution is 2.47. The fraction of sp³-hybridized carbons (Fsp3) is 0.481. The van der Waals surface area contributed by atoms with E-state index in [4.69, 9.17) is 4.42 Å². The minimum atomic E-state index is -0.124. The summed E-state index contributed by atoms with van der Waals surface area (Å²) < 4.78 is 5.65. The number of carbonyl (C=O) groups excluding carboxylic acids is 1. The molecule has 0 radical (unpaired) electrons. The number of allylic oxidation sites excluding steroid dienone is 2. The number of hydrogen-bond donors (Lipinski definition) is 1. The van der Waals surface area contributed by atoms with E-state index in [2.05, 4.69) is 42.3 Å². The molecule has 2 aromatic rings. The van der Waals surface area contributed by atoms with E-state index in [0.29, 0.717) is 23.2 Å². The Morgan fingerprint density at radius 3 is 2.73 bits per heavy atom. The fourth-order valence-corrected chi connectivity index (χ4v) is 6.24. The van der Waals surface area contributed by atoms with Crippen LogP contribution in [0.15, 0.2) is 28.2 Å². The third kappa shape index (κ3) is 5.31. The van der Waals surface area contributed by atoms with Gasteiger partial charge in [0.25, 0.3) is 0 Å². The van der Waals surface area contributed by atoms with Gasteiger partial charge >= 0.3 is 0 Å². The molecule has 5 nitrogen and oxygen atoms in total. The van der Waals surface area contributed by atoms with E-state index in [-0.39, 0.29) is 11.3 Å². The van der Waals surface area contributed by atoms with Gasteiger partial charge in [0.15, 0.2) is 0 Å². The minimum absolute atomic E-state index is 0.0479. The molecule has 0 aromatic carbocycles. The van der Waals surface area contributed by atoms with Crippen LogP contribution in [-0.4, -0.2) is 30.4 Å². The first-order valence-electron chi connectivity index (χ1n) is 11.8. The summed E-state index contributed by atoms with van der Waals surface area (Å²) in [5.74, 6) is 1.65. The van der Waals surface area contributed by atoms with E-state index in [1.807, 2.05) is 32.2 Å². The van der Waals surface area contributed by atoms with E-state index in [1.165, 1.54) is 19.3 Å².